The van der Waals surface area contributed by atoms with Gasteiger partial charge in [-0.3, -0.25) is 0 Å². The number of carboxylic acid groups (broad SMARTS) is 1. The maximum absolute atomic E-state index is 11.2. The molecule has 0 radical (unpaired) electrons. The molecule has 6 nitrogen and oxygen atoms in total. The molecule has 0 atom stereocenters. The molecule has 0 amide bonds. The Labute approximate surface area is 117 Å². The number of pyridine rings is 1. The first-order chi connectivity index (χ1) is 9.69. The average Bonchev–Trinajstić information content (AvgIpc) is 2.90. The molecule has 2 aromatic heterocycles. The van der Waals surface area contributed by atoms with E-state index < -0.39 is 5.97 Å². The lowest BCUT2D eigenvalue weighted by atomic mass is 9.96. The van der Waals surface area contributed by atoms with Gasteiger partial charge in [-0.1, -0.05) is 13.0 Å². The first kappa shape index (κ1) is 13.1. The van der Waals surface area contributed by atoms with Crippen molar-refractivity contribution in [3.05, 3.63) is 29.7 Å². The van der Waals surface area contributed by atoms with E-state index in [2.05, 4.69) is 21.9 Å². The monoisotopic (exact) mass is 274 g/mol. The van der Waals surface area contributed by atoms with Crippen LogP contribution < -0.4 is 0 Å². The number of carboxylic acids is 1. The number of nitrogens with zero attached hydrogens (tertiary/aromatic N) is 4. The van der Waals surface area contributed by atoms with Crippen LogP contribution in [0.15, 0.2) is 18.2 Å². The highest BCUT2D eigenvalue weighted by molar-refractivity contribution is 5.86. The molecule has 0 aromatic carbocycles. The molecular weight excluding hydrogens is 256 g/mol. The van der Waals surface area contributed by atoms with Crippen LogP contribution in [0.3, 0.4) is 0 Å². The van der Waals surface area contributed by atoms with E-state index in [9.17, 15) is 9.90 Å². The van der Waals surface area contributed by atoms with Gasteiger partial charge in [0.25, 0.3) is 0 Å². The summed E-state index contributed by atoms with van der Waals surface area (Å²) in [5, 5.41) is 13.6. The van der Waals surface area contributed by atoms with Crippen LogP contribution >= 0.6 is 0 Å². The standard InChI is InChI=1S/C14H18N4O2/c1-2-17-8-6-10(7-9-17)13-15-12-5-3-4-11(14(19)20)18(12)16-13/h3-5,10H,2,6-9H2,1H3,(H,19,20). The number of rotatable bonds is 3. The number of aromatic nitrogens is 3. The van der Waals surface area contributed by atoms with Crippen molar-refractivity contribution in [1.82, 2.24) is 19.5 Å². The summed E-state index contributed by atoms with van der Waals surface area (Å²) in [6.07, 6.45) is 2.07. The summed E-state index contributed by atoms with van der Waals surface area (Å²) in [5.41, 5.74) is 0.769. The van der Waals surface area contributed by atoms with Gasteiger partial charge in [-0.05, 0) is 44.6 Å². The van der Waals surface area contributed by atoms with E-state index in [0.29, 0.717) is 11.6 Å². The molecule has 1 saturated heterocycles. The molecule has 0 unspecified atom stereocenters. The van der Waals surface area contributed by atoms with Crippen LogP contribution in [0.25, 0.3) is 5.65 Å². The third-order valence-electron chi connectivity index (χ3n) is 4.00. The highest BCUT2D eigenvalue weighted by Crippen LogP contribution is 2.26. The summed E-state index contributed by atoms with van der Waals surface area (Å²) < 4.78 is 1.43. The number of carbonyl (C=O) groups is 1. The van der Waals surface area contributed by atoms with Crippen LogP contribution in [-0.4, -0.2) is 50.2 Å². The molecule has 20 heavy (non-hydrogen) atoms. The first-order valence-corrected chi connectivity index (χ1v) is 7.00. The zero-order valence-electron chi connectivity index (χ0n) is 11.5. The quantitative estimate of drug-likeness (QED) is 0.921. The van der Waals surface area contributed by atoms with E-state index in [1.54, 1.807) is 18.2 Å². The number of piperidine rings is 1. The largest absolute Gasteiger partial charge is 0.477 e. The van der Waals surface area contributed by atoms with Crippen molar-refractivity contribution in [1.29, 1.82) is 0 Å². The average molecular weight is 274 g/mol. The summed E-state index contributed by atoms with van der Waals surface area (Å²) >= 11 is 0. The van der Waals surface area contributed by atoms with Crippen molar-refractivity contribution in [2.45, 2.75) is 25.7 Å². The van der Waals surface area contributed by atoms with E-state index in [1.807, 2.05) is 0 Å². The number of hydrogen-bond acceptors (Lipinski definition) is 4. The normalized spacial score (nSPS) is 17.6. The molecule has 3 heterocycles. The van der Waals surface area contributed by atoms with Gasteiger partial charge in [0.1, 0.15) is 0 Å². The maximum Gasteiger partial charge on any atom is 0.354 e. The Kier molecular flexibility index (Phi) is 3.40. The minimum absolute atomic E-state index is 0.159. The first-order valence-electron chi connectivity index (χ1n) is 7.00. The molecule has 3 rings (SSSR count). The molecule has 1 aliphatic heterocycles. The summed E-state index contributed by atoms with van der Waals surface area (Å²) in [6.45, 7) is 5.36. The molecule has 6 heteroatoms. The van der Waals surface area contributed by atoms with Gasteiger partial charge in [0, 0.05) is 5.92 Å². The summed E-state index contributed by atoms with van der Waals surface area (Å²) in [7, 11) is 0. The summed E-state index contributed by atoms with van der Waals surface area (Å²) in [5.74, 6) is 0.127. The predicted octanol–water partition coefficient (Wildman–Crippen LogP) is 1.63. The molecule has 0 bridgehead atoms. The minimum Gasteiger partial charge on any atom is -0.477 e. The second kappa shape index (κ2) is 5.20. The fourth-order valence-corrected chi connectivity index (χ4v) is 2.76. The molecule has 0 aliphatic carbocycles. The molecule has 1 N–H and O–H groups in total. The Bertz CT molecular complexity index is 629. The lowest BCUT2D eigenvalue weighted by Gasteiger charge is -2.29. The van der Waals surface area contributed by atoms with Crippen LogP contribution in [-0.2, 0) is 0 Å². The van der Waals surface area contributed by atoms with E-state index in [-0.39, 0.29) is 5.69 Å². The Morgan fingerprint density at radius 3 is 2.80 bits per heavy atom. The Hall–Kier alpha value is -1.95. The predicted molar refractivity (Wildman–Crippen MR) is 74.0 cm³/mol. The molecule has 0 spiro atoms. The molecule has 106 valence electrons. The Morgan fingerprint density at radius 1 is 1.40 bits per heavy atom. The van der Waals surface area contributed by atoms with Gasteiger partial charge in [0.15, 0.2) is 17.2 Å². The number of fused-ring (bicyclic) bond motifs is 1. The molecule has 2 aromatic rings. The van der Waals surface area contributed by atoms with Gasteiger partial charge in [-0.2, -0.15) is 5.10 Å². The Morgan fingerprint density at radius 2 is 2.15 bits per heavy atom. The summed E-state index contributed by atoms with van der Waals surface area (Å²) in [4.78, 5) is 18.1. The smallest absolute Gasteiger partial charge is 0.354 e. The fourth-order valence-electron chi connectivity index (χ4n) is 2.76. The van der Waals surface area contributed by atoms with Crippen LogP contribution in [0.2, 0.25) is 0 Å². The topological polar surface area (TPSA) is 70.7 Å². The number of aromatic carboxylic acids is 1. The molecule has 1 aliphatic rings. The summed E-state index contributed by atoms with van der Waals surface area (Å²) in [6, 6.07) is 5.05. The van der Waals surface area contributed by atoms with Gasteiger partial charge in [0.2, 0.25) is 0 Å². The highest BCUT2D eigenvalue weighted by Gasteiger charge is 2.24. The maximum atomic E-state index is 11.2. The molecule has 1 fully saturated rings. The molecule has 0 saturated carbocycles. The van der Waals surface area contributed by atoms with Crippen molar-refractivity contribution >= 4 is 11.6 Å². The van der Waals surface area contributed by atoms with Crippen LogP contribution in [0, 0.1) is 0 Å². The van der Waals surface area contributed by atoms with E-state index >= 15 is 0 Å². The van der Waals surface area contributed by atoms with Crippen molar-refractivity contribution in [2.24, 2.45) is 0 Å². The zero-order valence-corrected chi connectivity index (χ0v) is 11.5. The number of hydrogen-bond donors (Lipinski definition) is 1. The van der Waals surface area contributed by atoms with Crippen LogP contribution in [0.1, 0.15) is 42.0 Å². The van der Waals surface area contributed by atoms with E-state index in [1.165, 1.54) is 4.52 Å². The lowest BCUT2D eigenvalue weighted by Crippen LogP contribution is -2.32. The van der Waals surface area contributed by atoms with Gasteiger partial charge in [-0.15, -0.1) is 0 Å². The third-order valence-corrected chi connectivity index (χ3v) is 4.00. The number of likely N-dealkylation sites (tertiary alicyclic amines) is 1. The van der Waals surface area contributed by atoms with Crippen molar-refractivity contribution in [3.8, 4) is 0 Å². The third kappa shape index (κ3) is 2.27. The van der Waals surface area contributed by atoms with Crippen molar-refractivity contribution in [2.75, 3.05) is 19.6 Å². The van der Waals surface area contributed by atoms with E-state index in [4.69, 9.17) is 0 Å². The van der Waals surface area contributed by atoms with Crippen molar-refractivity contribution < 1.29 is 9.90 Å². The second-order valence-electron chi connectivity index (χ2n) is 5.16. The van der Waals surface area contributed by atoms with Gasteiger partial charge in [-0.25, -0.2) is 14.3 Å². The second-order valence-corrected chi connectivity index (χ2v) is 5.16. The van der Waals surface area contributed by atoms with Gasteiger partial charge in [0.05, 0.1) is 0 Å². The van der Waals surface area contributed by atoms with Crippen LogP contribution in [0.5, 0.6) is 0 Å². The highest BCUT2D eigenvalue weighted by atomic mass is 16.4. The molecular formula is C14H18N4O2. The Balaban J connectivity index is 1.90. The lowest BCUT2D eigenvalue weighted by molar-refractivity contribution is 0.0687. The van der Waals surface area contributed by atoms with Crippen LogP contribution in [0.4, 0.5) is 0 Å². The van der Waals surface area contributed by atoms with E-state index in [0.717, 1.165) is 38.3 Å². The van der Waals surface area contributed by atoms with Gasteiger partial charge >= 0.3 is 5.97 Å². The van der Waals surface area contributed by atoms with Crippen molar-refractivity contribution in [3.63, 3.8) is 0 Å². The SMILES string of the molecule is CCN1CCC(c2nc3cccc(C(=O)O)n3n2)CC1. The minimum atomic E-state index is -0.979. The zero-order chi connectivity index (χ0) is 14.1. The van der Waals surface area contributed by atoms with Gasteiger partial charge < -0.3 is 10.0 Å². The fraction of sp³-hybridized carbons (Fsp3) is 0.500.